The minimum atomic E-state index is -3.48. The van der Waals surface area contributed by atoms with Crippen molar-refractivity contribution in [2.24, 2.45) is 5.41 Å². The van der Waals surface area contributed by atoms with E-state index in [0.717, 1.165) is 24.7 Å². The molecule has 0 saturated heterocycles. The van der Waals surface area contributed by atoms with E-state index >= 15 is 0 Å². The van der Waals surface area contributed by atoms with Crippen molar-refractivity contribution in [2.45, 2.75) is 45.7 Å². The molecule has 1 saturated carbocycles. The molecule has 2 heterocycles. The molecule has 11 nitrogen and oxygen atoms in total. The Hall–Kier alpha value is -4.68. The summed E-state index contributed by atoms with van der Waals surface area (Å²) in [6.07, 6.45) is 6.64. The van der Waals surface area contributed by atoms with E-state index in [-0.39, 0.29) is 5.41 Å². The van der Waals surface area contributed by atoms with Crippen LogP contribution in [0.4, 0.5) is 17.1 Å². The average molecular weight is 584 g/mol. The molecule has 1 fully saturated rings. The van der Waals surface area contributed by atoms with Crippen molar-refractivity contribution in [3.63, 3.8) is 0 Å². The normalized spacial score (nSPS) is 14.2. The van der Waals surface area contributed by atoms with Gasteiger partial charge in [0.15, 0.2) is 0 Å². The van der Waals surface area contributed by atoms with Crippen molar-refractivity contribution in [1.29, 1.82) is 10.5 Å². The van der Waals surface area contributed by atoms with Crippen molar-refractivity contribution in [1.82, 2.24) is 20.0 Å². The lowest BCUT2D eigenvalue weighted by molar-refractivity contribution is 0.443. The minimum absolute atomic E-state index is 0.0567. The molecule has 2 aromatic heterocycles. The Bertz CT molecular complexity index is 1840. The molecule has 2 N–H and O–H groups in total. The molecule has 216 valence electrons. The lowest BCUT2D eigenvalue weighted by atomic mass is 9.96. The van der Waals surface area contributed by atoms with Crippen LogP contribution in [0.25, 0.3) is 10.9 Å². The summed E-state index contributed by atoms with van der Waals surface area (Å²) in [5.74, 6) is 0. The molecule has 5 rings (SSSR count). The highest BCUT2D eigenvalue weighted by Crippen LogP contribution is 2.37. The summed E-state index contributed by atoms with van der Waals surface area (Å²) in [5, 5.41) is 36.3. The highest BCUT2D eigenvalue weighted by molar-refractivity contribution is 7.92. The number of aromatic nitrogens is 4. The van der Waals surface area contributed by atoms with Gasteiger partial charge in [-0.25, -0.2) is 13.1 Å². The van der Waals surface area contributed by atoms with Crippen molar-refractivity contribution in [3.05, 3.63) is 71.2 Å². The molecule has 0 aliphatic heterocycles. The molecule has 12 heteroatoms. The van der Waals surface area contributed by atoms with Crippen LogP contribution in [-0.4, -0.2) is 48.2 Å². The number of nitrogens with one attached hydrogen (secondary N) is 2. The van der Waals surface area contributed by atoms with Crippen molar-refractivity contribution >= 4 is 38.0 Å². The predicted octanol–water partition coefficient (Wildman–Crippen LogP) is 4.96. The van der Waals surface area contributed by atoms with E-state index in [0.29, 0.717) is 57.4 Å². The maximum absolute atomic E-state index is 12.3. The standard InChI is InChI=1S/C30H33N9O2S/c1-30(2,3)18-34-28-21(15-32)16-33-27-20(14-31)11-22(13-25(27)28)35-29(26-17-39(37-36-26)23-9-10-23)19-7-6-8-24(12-19)38(4)42(5,40)41/h6-8,11-13,16-17,23,29,35H,9-10,18H2,1-5H3,(H,33,34)/t29-/m0/s1. The van der Waals surface area contributed by atoms with Crippen LogP contribution in [0.3, 0.4) is 0 Å². The topological polar surface area (TPSA) is 153 Å². The van der Waals surface area contributed by atoms with Gasteiger partial charge in [-0.3, -0.25) is 9.29 Å². The molecule has 1 aliphatic carbocycles. The number of anilines is 3. The Morgan fingerprint density at radius 3 is 2.52 bits per heavy atom. The zero-order valence-electron chi connectivity index (χ0n) is 24.3. The monoisotopic (exact) mass is 583 g/mol. The second-order valence-electron chi connectivity index (χ2n) is 11.9. The number of pyridine rings is 1. The van der Waals surface area contributed by atoms with Gasteiger partial charge in [-0.15, -0.1) is 5.10 Å². The van der Waals surface area contributed by atoms with Crippen LogP contribution in [0.1, 0.15) is 68.1 Å². The lowest BCUT2D eigenvalue weighted by Crippen LogP contribution is -2.25. The van der Waals surface area contributed by atoms with Gasteiger partial charge in [-0.1, -0.05) is 38.1 Å². The maximum atomic E-state index is 12.3. The fourth-order valence-electron chi connectivity index (χ4n) is 4.63. The molecular weight excluding hydrogens is 550 g/mol. The van der Waals surface area contributed by atoms with Gasteiger partial charge < -0.3 is 10.6 Å². The fourth-order valence-corrected chi connectivity index (χ4v) is 5.12. The first-order valence-corrected chi connectivity index (χ1v) is 15.5. The van der Waals surface area contributed by atoms with Crippen LogP contribution < -0.4 is 14.9 Å². The summed E-state index contributed by atoms with van der Waals surface area (Å²) in [6.45, 7) is 6.89. The van der Waals surface area contributed by atoms with E-state index in [1.807, 2.05) is 23.0 Å². The van der Waals surface area contributed by atoms with Gasteiger partial charge in [0.1, 0.15) is 17.8 Å². The number of hydrogen-bond acceptors (Lipinski definition) is 9. The highest BCUT2D eigenvalue weighted by atomic mass is 32.2. The zero-order valence-corrected chi connectivity index (χ0v) is 25.1. The number of hydrogen-bond donors (Lipinski definition) is 2. The van der Waals surface area contributed by atoms with Crippen LogP contribution in [-0.2, 0) is 10.0 Å². The van der Waals surface area contributed by atoms with Crippen molar-refractivity contribution in [3.8, 4) is 12.1 Å². The van der Waals surface area contributed by atoms with Gasteiger partial charge in [0.05, 0.1) is 52.6 Å². The van der Waals surface area contributed by atoms with E-state index in [9.17, 15) is 18.9 Å². The quantitative estimate of drug-likeness (QED) is 0.278. The Morgan fingerprint density at radius 1 is 1.14 bits per heavy atom. The Morgan fingerprint density at radius 2 is 1.88 bits per heavy atom. The van der Waals surface area contributed by atoms with Gasteiger partial charge in [0.2, 0.25) is 10.0 Å². The first-order valence-electron chi connectivity index (χ1n) is 13.6. The van der Waals surface area contributed by atoms with Crippen LogP contribution in [0.5, 0.6) is 0 Å². The Labute approximate surface area is 245 Å². The molecular formula is C30H33N9O2S. The summed E-state index contributed by atoms with van der Waals surface area (Å²) in [5.41, 5.74) is 4.31. The first-order chi connectivity index (χ1) is 19.9. The van der Waals surface area contributed by atoms with Gasteiger partial charge in [0, 0.05) is 30.9 Å². The number of sulfonamides is 1. The average Bonchev–Trinajstić information content (AvgIpc) is 3.69. The van der Waals surface area contributed by atoms with E-state index in [1.165, 1.54) is 17.5 Å². The second-order valence-corrected chi connectivity index (χ2v) is 13.9. The Kier molecular flexibility index (Phi) is 7.52. The SMILES string of the molecule is CN(c1cccc([C@H](Nc2cc(C#N)c3ncc(C#N)c(NCC(C)(C)C)c3c2)c2cn(C3CC3)nn2)c1)S(C)(=O)=O. The molecule has 0 spiro atoms. The molecule has 42 heavy (non-hydrogen) atoms. The van der Waals surface area contributed by atoms with Crippen LogP contribution >= 0.6 is 0 Å². The van der Waals surface area contributed by atoms with E-state index in [1.54, 1.807) is 24.3 Å². The number of nitrogens with zero attached hydrogens (tertiary/aromatic N) is 7. The third-order valence-corrected chi connectivity index (χ3v) is 8.33. The lowest BCUT2D eigenvalue weighted by Gasteiger charge is -2.23. The maximum Gasteiger partial charge on any atom is 0.231 e. The number of nitriles is 2. The molecule has 4 aromatic rings. The van der Waals surface area contributed by atoms with Crippen LogP contribution in [0.15, 0.2) is 48.8 Å². The van der Waals surface area contributed by atoms with Gasteiger partial charge in [-0.2, -0.15) is 10.5 Å². The molecule has 1 aliphatic rings. The van der Waals surface area contributed by atoms with Gasteiger partial charge in [-0.05, 0) is 48.1 Å². The molecule has 0 radical (unpaired) electrons. The third-order valence-electron chi connectivity index (χ3n) is 7.13. The van der Waals surface area contributed by atoms with E-state index in [4.69, 9.17) is 0 Å². The number of fused-ring (bicyclic) bond motifs is 1. The zero-order chi connectivity index (χ0) is 30.2. The number of benzene rings is 2. The van der Waals surface area contributed by atoms with Crippen LogP contribution in [0, 0.1) is 28.1 Å². The molecule has 2 aromatic carbocycles. The van der Waals surface area contributed by atoms with E-state index < -0.39 is 16.1 Å². The highest BCUT2D eigenvalue weighted by Gasteiger charge is 2.28. The second kappa shape index (κ2) is 11.0. The fraction of sp³-hybridized carbons (Fsp3) is 0.367. The summed E-state index contributed by atoms with van der Waals surface area (Å²) < 4.78 is 27.6. The summed E-state index contributed by atoms with van der Waals surface area (Å²) in [6, 6.07) is 15.1. The predicted molar refractivity (Wildman–Crippen MR) is 163 cm³/mol. The third kappa shape index (κ3) is 6.14. The minimum Gasteiger partial charge on any atom is -0.383 e. The van der Waals surface area contributed by atoms with Gasteiger partial charge in [0.25, 0.3) is 0 Å². The first kappa shape index (κ1) is 28.8. The smallest absolute Gasteiger partial charge is 0.231 e. The largest absolute Gasteiger partial charge is 0.383 e. The van der Waals surface area contributed by atoms with Gasteiger partial charge >= 0.3 is 0 Å². The summed E-state index contributed by atoms with van der Waals surface area (Å²) in [7, 11) is -1.97. The molecule has 0 unspecified atom stereocenters. The molecule has 0 amide bonds. The van der Waals surface area contributed by atoms with Crippen LogP contribution in [0.2, 0.25) is 0 Å². The van der Waals surface area contributed by atoms with E-state index in [2.05, 4.69) is 58.8 Å². The summed E-state index contributed by atoms with van der Waals surface area (Å²) >= 11 is 0. The summed E-state index contributed by atoms with van der Waals surface area (Å²) in [4.78, 5) is 4.45. The molecule has 1 atom stereocenters. The number of rotatable bonds is 9. The van der Waals surface area contributed by atoms with Crippen molar-refractivity contribution in [2.75, 3.05) is 34.8 Å². The van der Waals surface area contributed by atoms with Crippen molar-refractivity contribution < 1.29 is 8.42 Å². The Balaban J connectivity index is 1.63. The molecule has 0 bridgehead atoms.